The molecule has 2 aliphatic heterocycles. The maximum absolute atomic E-state index is 14.3. The van der Waals surface area contributed by atoms with E-state index in [0.717, 1.165) is 0 Å². The normalized spacial score (nSPS) is 15.2. The number of piperazine rings is 2. The molecule has 2 fully saturated rings. The highest BCUT2D eigenvalue weighted by atomic mass is 16.4. The number of aromatic nitrogens is 2. The maximum atomic E-state index is 14.3. The summed E-state index contributed by atoms with van der Waals surface area (Å²) in [5.74, 6) is -3.64. The summed E-state index contributed by atoms with van der Waals surface area (Å²) in [6.07, 6.45) is 2.80. The number of hydrogen-bond donors (Lipinski definition) is 10. The lowest BCUT2D eigenvalue weighted by atomic mass is 9.80. The zero-order valence-corrected chi connectivity index (χ0v) is 44.3. The predicted octanol–water partition coefficient (Wildman–Crippen LogP) is 4.08. The van der Waals surface area contributed by atoms with E-state index in [1.165, 1.54) is 58.6 Å². The van der Waals surface area contributed by atoms with E-state index in [4.69, 9.17) is 0 Å². The lowest BCUT2D eigenvalue weighted by molar-refractivity contribution is -0.130. The van der Waals surface area contributed by atoms with Gasteiger partial charge in [0.1, 0.15) is 0 Å². The summed E-state index contributed by atoms with van der Waals surface area (Å²) in [4.78, 5) is 122. The zero-order valence-electron chi connectivity index (χ0n) is 44.3. The largest absolute Gasteiger partial charge is 0.488 e. The molecule has 2 aliphatic rings. The van der Waals surface area contributed by atoms with E-state index in [9.17, 15) is 58.5 Å². The van der Waals surface area contributed by atoms with Gasteiger partial charge in [0.25, 0.3) is 35.2 Å². The van der Waals surface area contributed by atoms with Crippen molar-refractivity contribution in [3.05, 3.63) is 168 Å². The third-order valence-electron chi connectivity index (χ3n) is 14.6. The average molecular weight is 1100 g/mol. The van der Waals surface area contributed by atoms with Gasteiger partial charge in [-0.05, 0) is 103 Å². The number of amides is 8. The number of aromatic amines is 2. The van der Waals surface area contributed by atoms with Crippen LogP contribution in [0.3, 0.4) is 0 Å². The number of para-hydroxylation sites is 1. The van der Waals surface area contributed by atoms with E-state index >= 15 is 0 Å². The van der Waals surface area contributed by atoms with Gasteiger partial charge in [0, 0.05) is 97.0 Å². The quantitative estimate of drug-likeness (QED) is 0.0444. The number of carbonyl (C=O) groups is 8. The standard InChI is InChI=1S/C58H54B2N10O12/c1-33-31-67(53(73)36-8-4-3-5-9-36)22-24-70(33)56(76)52(72)46-30-62-50-44(46)26-38(27-48(50)66-57(77)63-41-20-18-39(19-21-41)59(79)80)35-14-16-37(17-15-35)54(74)68-23-25-69(34(2)32-68)55(75)51(71)45-29-61-49-43(45)12-7-13-47(49)65-58(78)64-42-11-6-10-40(28-42)60(81)82/h3-21,26-30,33-34,61-62,79-82H,22-25,31-32H2,1-2H3,(H2,63,66,77)(H2,64,65,78)/t33-,34-/m1/s1. The Kier molecular flexibility index (Phi) is 15.9. The number of ketones is 2. The first-order valence-corrected chi connectivity index (χ1v) is 26.2. The molecule has 24 heteroatoms. The first-order valence-electron chi connectivity index (χ1n) is 26.2. The fraction of sp³-hybridized carbons (Fsp3) is 0.172. The number of nitrogens with zero attached hydrogens (tertiary/aromatic N) is 4. The van der Waals surface area contributed by atoms with Crippen LogP contribution >= 0.6 is 0 Å². The molecule has 10 N–H and O–H groups in total. The summed E-state index contributed by atoms with van der Waals surface area (Å²) >= 11 is 0. The highest BCUT2D eigenvalue weighted by molar-refractivity contribution is 6.59. The molecule has 2 aromatic heterocycles. The number of urea groups is 2. The van der Waals surface area contributed by atoms with Crippen molar-refractivity contribution in [1.29, 1.82) is 0 Å². The van der Waals surface area contributed by atoms with Crippen LogP contribution in [0.15, 0.2) is 146 Å². The molecule has 8 aromatic rings. The molecule has 8 amide bonds. The molecule has 2 saturated heterocycles. The second kappa shape index (κ2) is 23.5. The highest BCUT2D eigenvalue weighted by Gasteiger charge is 2.36. The molecule has 22 nitrogen and oxygen atoms in total. The van der Waals surface area contributed by atoms with Crippen molar-refractivity contribution in [2.24, 2.45) is 0 Å². The molecule has 10 rings (SSSR count). The van der Waals surface area contributed by atoms with Gasteiger partial charge >= 0.3 is 26.3 Å². The van der Waals surface area contributed by atoms with Crippen molar-refractivity contribution in [1.82, 2.24) is 29.6 Å². The number of fused-ring (bicyclic) bond motifs is 2. The summed E-state index contributed by atoms with van der Waals surface area (Å²) in [5, 5.41) is 49.7. The lowest BCUT2D eigenvalue weighted by Crippen LogP contribution is -2.56. The molecule has 0 saturated carbocycles. The molecule has 4 heterocycles. The summed E-state index contributed by atoms with van der Waals surface area (Å²) < 4.78 is 0. The van der Waals surface area contributed by atoms with Crippen molar-refractivity contribution in [3.8, 4) is 11.1 Å². The molecule has 0 bridgehead atoms. The maximum Gasteiger partial charge on any atom is 0.488 e. The van der Waals surface area contributed by atoms with Gasteiger partial charge in [-0.1, -0.05) is 66.7 Å². The topological polar surface area (TPSA) is 310 Å². The van der Waals surface area contributed by atoms with E-state index in [1.807, 2.05) is 6.07 Å². The van der Waals surface area contributed by atoms with Gasteiger partial charge in [-0.25, -0.2) is 9.59 Å². The fourth-order valence-electron chi connectivity index (χ4n) is 10.3. The highest BCUT2D eigenvalue weighted by Crippen LogP contribution is 2.34. The number of benzene rings is 6. The van der Waals surface area contributed by atoms with Crippen LogP contribution < -0.4 is 32.2 Å². The first kappa shape index (κ1) is 55.4. The number of hydrogen-bond acceptors (Lipinski definition) is 12. The summed E-state index contributed by atoms with van der Waals surface area (Å²) in [7, 11) is -3.43. The van der Waals surface area contributed by atoms with Gasteiger partial charge in [-0.3, -0.25) is 28.8 Å². The minimum Gasteiger partial charge on any atom is -0.423 e. The molecule has 82 heavy (non-hydrogen) atoms. The zero-order chi connectivity index (χ0) is 57.9. The second-order valence-corrected chi connectivity index (χ2v) is 20.0. The number of anilines is 4. The Morgan fingerprint density at radius 1 is 0.476 bits per heavy atom. The first-order chi connectivity index (χ1) is 39.4. The van der Waals surface area contributed by atoms with E-state index in [1.54, 1.807) is 115 Å². The van der Waals surface area contributed by atoms with Gasteiger partial charge in [0.2, 0.25) is 0 Å². The van der Waals surface area contributed by atoms with Crippen LogP contribution in [0.1, 0.15) is 55.3 Å². The van der Waals surface area contributed by atoms with Crippen LogP contribution in [0.4, 0.5) is 32.3 Å². The fourth-order valence-corrected chi connectivity index (χ4v) is 10.3. The van der Waals surface area contributed by atoms with E-state index in [2.05, 4.69) is 31.2 Å². The Hall–Kier alpha value is -9.87. The van der Waals surface area contributed by atoms with Crippen molar-refractivity contribution in [2.45, 2.75) is 25.9 Å². The summed E-state index contributed by atoms with van der Waals surface area (Å²) in [6, 6.07) is 33.2. The molecule has 2 atom stereocenters. The number of H-pyrrole nitrogens is 2. The number of nitrogens with one attached hydrogen (secondary N) is 6. The van der Waals surface area contributed by atoms with Crippen LogP contribution in [-0.2, 0) is 9.59 Å². The van der Waals surface area contributed by atoms with Gasteiger partial charge in [0.05, 0.1) is 33.5 Å². The third kappa shape index (κ3) is 11.6. The monoisotopic (exact) mass is 1100 g/mol. The number of rotatable bonds is 13. The average Bonchev–Trinajstić information content (AvgIpc) is 4.11. The smallest absolute Gasteiger partial charge is 0.423 e. The van der Waals surface area contributed by atoms with Gasteiger partial charge in [-0.2, -0.15) is 0 Å². The van der Waals surface area contributed by atoms with Crippen molar-refractivity contribution >= 4 is 117 Å². The van der Waals surface area contributed by atoms with Gasteiger partial charge in [0.15, 0.2) is 0 Å². The molecule has 0 unspecified atom stereocenters. The summed E-state index contributed by atoms with van der Waals surface area (Å²) in [5.41, 5.74) is 4.36. The molecule has 0 aliphatic carbocycles. The Morgan fingerprint density at radius 2 is 1.00 bits per heavy atom. The molecule has 0 spiro atoms. The Labute approximate surface area is 469 Å². The molecular weight excluding hydrogens is 1050 g/mol. The van der Waals surface area contributed by atoms with Crippen LogP contribution in [0.2, 0.25) is 0 Å². The van der Waals surface area contributed by atoms with Gasteiger partial charge in [-0.15, -0.1) is 0 Å². The Balaban J connectivity index is 0.828. The SMILES string of the molecule is C[C@@H]1CN(C(=O)c2ccc(-c3cc(NC(=O)Nc4ccc(B(O)O)cc4)c4[nH]cc(C(=O)C(=O)N5CCN(C(=O)c6ccccc6)C[C@H]5C)c4c3)cc2)CCN1C(=O)C(=O)c1c[nH]c2c(NC(=O)Nc3cccc(B(O)O)c3)cccc12. The van der Waals surface area contributed by atoms with Crippen LogP contribution in [0.5, 0.6) is 0 Å². The van der Waals surface area contributed by atoms with Gasteiger partial charge < -0.3 is 70.9 Å². The van der Waals surface area contributed by atoms with Crippen LogP contribution in [0.25, 0.3) is 32.9 Å². The summed E-state index contributed by atoms with van der Waals surface area (Å²) in [6.45, 7) is 4.35. The second-order valence-electron chi connectivity index (χ2n) is 20.0. The lowest BCUT2D eigenvalue weighted by Gasteiger charge is -2.39. The predicted molar refractivity (Wildman–Crippen MR) is 309 cm³/mol. The van der Waals surface area contributed by atoms with E-state index < -0.39 is 61.8 Å². The van der Waals surface area contributed by atoms with Crippen molar-refractivity contribution in [2.75, 3.05) is 60.5 Å². The van der Waals surface area contributed by atoms with Crippen LogP contribution in [-0.4, -0.2) is 163 Å². The molecule has 414 valence electrons. The number of carbonyl (C=O) groups excluding carboxylic acids is 8. The van der Waals surface area contributed by atoms with E-state index in [0.29, 0.717) is 61.1 Å². The Bertz CT molecular complexity index is 3820. The molecular formula is C58H54B2N10O12. The van der Waals surface area contributed by atoms with E-state index in [-0.39, 0.29) is 78.8 Å². The molecule has 0 radical (unpaired) electrons. The minimum atomic E-state index is -1.73. The third-order valence-corrected chi connectivity index (χ3v) is 14.6. The van der Waals surface area contributed by atoms with Crippen molar-refractivity contribution < 1.29 is 58.5 Å². The Morgan fingerprint density at radius 3 is 1.57 bits per heavy atom. The minimum absolute atomic E-state index is 0.0375. The molecule has 6 aromatic carbocycles. The van der Waals surface area contributed by atoms with Crippen molar-refractivity contribution in [3.63, 3.8) is 0 Å². The number of Topliss-reactive ketones (excluding diaryl/α,β-unsaturated/α-hetero) is 2. The van der Waals surface area contributed by atoms with Crippen LogP contribution in [0, 0.1) is 0 Å².